The minimum absolute atomic E-state index is 0.0718. The lowest BCUT2D eigenvalue weighted by atomic mass is 9.99. The maximum Gasteiger partial charge on any atom is 0.328 e. The van der Waals surface area contributed by atoms with E-state index in [9.17, 15) is 9.18 Å². The molecule has 0 radical (unpaired) electrons. The van der Waals surface area contributed by atoms with Gasteiger partial charge in [0.2, 0.25) is 0 Å². The Bertz CT molecular complexity index is 862. The highest BCUT2D eigenvalue weighted by Gasteiger charge is 2.13. The summed E-state index contributed by atoms with van der Waals surface area (Å²) in [5.41, 5.74) is 9.57. The maximum atomic E-state index is 13.0. The van der Waals surface area contributed by atoms with Crippen LogP contribution in [0.2, 0.25) is 0 Å². The van der Waals surface area contributed by atoms with Gasteiger partial charge in [-0.15, -0.1) is 0 Å². The van der Waals surface area contributed by atoms with E-state index in [-0.39, 0.29) is 17.5 Å². The predicted octanol–water partition coefficient (Wildman–Crippen LogP) is 2.06. The highest BCUT2D eigenvalue weighted by Crippen LogP contribution is 2.23. The number of nitrogens with zero attached hydrogens (tertiary/aromatic N) is 2. The second kappa shape index (κ2) is 4.86. The van der Waals surface area contributed by atoms with Crippen LogP contribution in [0.1, 0.15) is 17.2 Å². The van der Waals surface area contributed by atoms with Gasteiger partial charge in [0.1, 0.15) is 5.82 Å². The summed E-state index contributed by atoms with van der Waals surface area (Å²) in [5.74, 6) is -0.285. The van der Waals surface area contributed by atoms with Crippen LogP contribution in [0.25, 0.3) is 11.0 Å². The van der Waals surface area contributed by atoms with E-state index in [0.717, 1.165) is 22.2 Å². The molecule has 1 atom stereocenters. The van der Waals surface area contributed by atoms with Gasteiger partial charge in [0, 0.05) is 14.1 Å². The number of aryl methyl sites for hydroxylation is 2. The van der Waals surface area contributed by atoms with Crippen molar-refractivity contribution < 1.29 is 4.39 Å². The zero-order valence-electron chi connectivity index (χ0n) is 11.9. The lowest BCUT2D eigenvalue weighted by molar-refractivity contribution is 0.626. The number of imidazole rings is 1. The van der Waals surface area contributed by atoms with Crippen LogP contribution in [0.4, 0.5) is 4.39 Å². The van der Waals surface area contributed by atoms with Crippen LogP contribution < -0.4 is 11.4 Å². The van der Waals surface area contributed by atoms with E-state index < -0.39 is 0 Å². The Hall–Kier alpha value is -2.40. The molecular formula is C16H16FN3O. The summed E-state index contributed by atoms with van der Waals surface area (Å²) in [6.07, 6.45) is 0. The summed E-state index contributed by atoms with van der Waals surface area (Å²) >= 11 is 0. The summed E-state index contributed by atoms with van der Waals surface area (Å²) in [6, 6.07) is 11.5. The van der Waals surface area contributed by atoms with E-state index in [4.69, 9.17) is 5.73 Å². The van der Waals surface area contributed by atoms with Crippen LogP contribution in [-0.4, -0.2) is 9.13 Å². The Labute approximate surface area is 121 Å². The SMILES string of the molecule is Cn1c(=O)n(C)c2cc(C(N)c3ccc(F)cc3)ccc21. The highest BCUT2D eigenvalue weighted by atomic mass is 19.1. The van der Waals surface area contributed by atoms with E-state index in [0.29, 0.717) is 0 Å². The topological polar surface area (TPSA) is 53.0 Å². The van der Waals surface area contributed by atoms with Gasteiger partial charge in [0.25, 0.3) is 0 Å². The van der Waals surface area contributed by atoms with E-state index >= 15 is 0 Å². The van der Waals surface area contributed by atoms with Crippen molar-refractivity contribution in [3.05, 3.63) is 69.9 Å². The van der Waals surface area contributed by atoms with Gasteiger partial charge in [-0.2, -0.15) is 0 Å². The Morgan fingerprint density at radius 2 is 1.52 bits per heavy atom. The van der Waals surface area contributed by atoms with Crippen LogP contribution in [0.15, 0.2) is 47.3 Å². The molecule has 0 aliphatic heterocycles. The third-order valence-electron chi connectivity index (χ3n) is 3.88. The number of rotatable bonds is 2. The first-order chi connectivity index (χ1) is 9.99. The van der Waals surface area contributed by atoms with Crippen molar-refractivity contribution in [2.45, 2.75) is 6.04 Å². The molecule has 0 bridgehead atoms. The molecule has 1 aromatic heterocycles. The average molecular weight is 285 g/mol. The highest BCUT2D eigenvalue weighted by molar-refractivity contribution is 5.77. The zero-order chi connectivity index (χ0) is 15.1. The second-order valence-electron chi connectivity index (χ2n) is 5.18. The summed E-state index contributed by atoms with van der Waals surface area (Å²) in [4.78, 5) is 11.9. The van der Waals surface area contributed by atoms with Crippen molar-refractivity contribution in [2.75, 3.05) is 0 Å². The molecule has 2 N–H and O–H groups in total. The Balaban J connectivity index is 2.10. The Morgan fingerprint density at radius 3 is 2.19 bits per heavy atom. The molecule has 3 rings (SSSR count). The van der Waals surface area contributed by atoms with Gasteiger partial charge in [0.05, 0.1) is 17.1 Å². The number of fused-ring (bicyclic) bond motifs is 1. The van der Waals surface area contributed by atoms with Gasteiger partial charge < -0.3 is 5.73 Å². The van der Waals surface area contributed by atoms with E-state index in [1.807, 2.05) is 18.2 Å². The van der Waals surface area contributed by atoms with Crippen molar-refractivity contribution in [2.24, 2.45) is 19.8 Å². The molecule has 21 heavy (non-hydrogen) atoms. The molecule has 5 heteroatoms. The quantitative estimate of drug-likeness (QED) is 0.783. The third-order valence-corrected chi connectivity index (χ3v) is 3.88. The van der Waals surface area contributed by atoms with Crippen molar-refractivity contribution >= 4 is 11.0 Å². The van der Waals surface area contributed by atoms with Crippen molar-refractivity contribution in [1.82, 2.24) is 9.13 Å². The number of aromatic nitrogens is 2. The molecule has 1 unspecified atom stereocenters. The second-order valence-corrected chi connectivity index (χ2v) is 5.18. The number of nitrogens with two attached hydrogens (primary N) is 1. The fourth-order valence-electron chi connectivity index (χ4n) is 2.58. The molecular weight excluding hydrogens is 269 g/mol. The van der Waals surface area contributed by atoms with Gasteiger partial charge in [-0.3, -0.25) is 9.13 Å². The first-order valence-electron chi connectivity index (χ1n) is 6.65. The van der Waals surface area contributed by atoms with Crippen molar-refractivity contribution in [3.63, 3.8) is 0 Å². The minimum atomic E-state index is -0.356. The van der Waals surface area contributed by atoms with E-state index in [1.165, 1.54) is 12.1 Å². The lowest BCUT2D eigenvalue weighted by Gasteiger charge is -2.13. The molecule has 0 saturated heterocycles. The van der Waals surface area contributed by atoms with E-state index in [2.05, 4.69) is 0 Å². The van der Waals surface area contributed by atoms with Gasteiger partial charge in [-0.1, -0.05) is 18.2 Å². The molecule has 0 spiro atoms. The average Bonchev–Trinajstić information content (AvgIpc) is 2.72. The summed E-state index contributed by atoms with van der Waals surface area (Å²) in [6.45, 7) is 0. The van der Waals surface area contributed by atoms with Gasteiger partial charge in [-0.25, -0.2) is 9.18 Å². The van der Waals surface area contributed by atoms with E-state index in [1.54, 1.807) is 35.4 Å². The van der Waals surface area contributed by atoms with Gasteiger partial charge in [0.15, 0.2) is 0 Å². The first kappa shape index (κ1) is 13.6. The molecule has 0 amide bonds. The molecule has 0 fully saturated rings. The minimum Gasteiger partial charge on any atom is -0.320 e. The van der Waals surface area contributed by atoms with Gasteiger partial charge in [-0.05, 0) is 35.4 Å². The third kappa shape index (κ3) is 2.15. The largest absolute Gasteiger partial charge is 0.328 e. The molecule has 3 aromatic rings. The van der Waals surface area contributed by atoms with Crippen LogP contribution in [0, 0.1) is 5.82 Å². The fourth-order valence-corrected chi connectivity index (χ4v) is 2.58. The van der Waals surface area contributed by atoms with Crippen LogP contribution >= 0.6 is 0 Å². The number of hydrogen-bond donors (Lipinski definition) is 1. The monoisotopic (exact) mass is 285 g/mol. The predicted molar refractivity (Wildman–Crippen MR) is 80.6 cm³/mol. The molecule has 1 heterocycles. The number of benzene rings is 2. The summed E-state index contributed by atoms with van der Waals surface area (Å²) in [7, 11) is 3.47. The molecule has 108 valence electrons. The molecule has 4 nitrogen and oxygen atoms in total. The smallest absolute Gasteiger partial charge is 0.320 e. The molecule has 0 aliphatic rings. The Kier molecular flexibility index (Phi) is 3.14. The molecule has 0 aliphatic carbocycles. The standard InChI is InChI=1S/C16H16FN3O/c1-19-13-8-5-11(9-14(13)20(2)16(19)21)15(18)10-3-6-12(17)7-4-10/h3-9,15H,18H2,1-2H3. The zero-order valence-corrected chi connectivity index (χ0v) is 11.9. The van der Waals surface area contributed by atoms with Gasteiger partial charge >= 0.3 is 5.69 Å². The molecule has 2 aromatic carbocycles. The Morgan fingerprint density at radius 1 is 0.952 bits per heavy atom. The normalized spacial score (nSPS) is 12.8. The summed E-state index contributed by atoms with van der Waals surface area (Å²) < 4.78 is 16.2. The first-order valence-corrected chi connectivity index (χ1v) is 6.65. The fraction of sp³-hybridized carbons (Fsp3) is 0.188. The summed E-state index contributed by atoms with van der Waals surface area (Å²) in [5, 5.41) is 0. The van der Waals surface area contributed by atoms with Crippen LogP contribution in [-0.2, 0) is 14.1 Å². The van der Waals surface area contributed by atoms with Crippen LogP contribution in [0.3, 0.4) is 0 Å². The lowest BCUT2D eigenvalue weighted by Crippen LogP contribution is -2.19. The number of halogens is 1. The van der Waals surface area contributed by atoms with Crippen molar-refractivity contribution in [1.29, 1.82) is 0 Å². The molecule has 0 saturated carbocycles. The van der Waals surface area contributed by atoms with Crippen LogP contribution in [0.5, 0.6) is 0 Å². The number of hydrogen-bond acceptors (Lipinski definition) is 2. The maximum absolute atomic E-state index is 13.0. The van der Waals surface area contributed by atoms with Crippen molar-refractivity contribution in [3.8, 4) is 0 Å².